The highest BCUT2D eigenvalue weighted by molar-refractivity contribution is 9.10. The van der Waals surface area contributed by atoms with Crippen LogP contribution in [0.15, 0.2) is 22.7 Å². The SMILES string of the molecule is Oc1c(Br)cccc1CNCC1(O)CCCCCC1. The van der Waals surface area contributed by atoms with Crippen molar-refractivity contribution in [2.24, 2.45) is 0 Å². The molecule has 1 aromatic rings. The van der Waals surface area contributed by atoms with E-state index >= 15 is 0 Å². The minimum absolute atomic E-state index is 0.280. The topological polar surface area (TPSA) is 52.5 Å². The van der Waals surface area contributed by atoms with Crippen LogP contribution in [0.3, 0.4) is 0 Å². The van der Waals surface area contributed by atoms with E-state index in [1.165, 1.54) is 12.8 Å². The second-order valence-electron chi connectivity index (χ2n) is 5.49. The molecule has 0 atom stereocenters. The Morgan fingerprint density at radius 2 is 1.84 bits per heavy atom. The minimum Gasteiger partial charge on any atom is -0.506 e. The maximum atomic E-state index is 10.5. The molecule has 0 radical (unpaired) electrons. The number of aromatic hydroxyl groups is 1. The smallest absolute Gasteiger partial charge is 0.134 e. The van der Waals surface area contributed by atoms with Crippen molar-refractivity contribution >= 4 is 15.9 Å². The van der Waals surface area contributed by atoms with Gasteiger partial charge in [0.2, 0.25) is 0 Å². The van der Waals surface area contributed by atoms with E-state index in [-0.39, 0.29) is 5.75 Å². The number of phenolic OH excluding ortho intramolecular Hbond substituents is 1. The molecule has 1 aliphatic rings. The van der Waals surface area contributed by atoms with Crippen LogP contribution >= 0.6 is 15.9 Å². The van der Waals surface area contributed by atoms with E-state index in [0.717, 1.165) is 31.2 Å². The third-order valence-corrected chi connectivity index (χ3v) is 4.51. The first kappa shape index (κ1) is 14.8. The van der Waals surface area contributed by atoms with Crippen molar-refractivity contribution in [3.63, 3.8) is 0 Å². The molecule has 0 spiro atoms. The minimum atomic E-state index is -0.571. The van der Waals surface area contributed by atoms with Crippen LogP contribution in [0.2, 0.25) is 0 Å². The van der Waals surface area contributed by atoms with E-state index in [1.54, 1.807) is 0 Å². The lowest BCUT2D eigenvalue weighted by Gasteiger charge is -2.27. The fourth-order valence-electron chi connectivity index (χ4n) is 2.70. The van der Waals surface area contributed by atoms with Crippen molar-refractivity contribution in [2.75, 3.05) is 6.54 Å². The molecule has 19 heavy (non-hydrogen) atoms. The number of halogens is 1. The second-order valence-corrected chi connectivity index (χ2v) is 6.34. The summed E-state index contributed by atoms with van der Waals surface area (Å²) in [5.41, 5.74) is 0.282. The zero-order chi connectivity index (χ0) is 13.7. The maximum absolute atomic E-state index is 10.5. The molecular formula is C15H22BrNO2. The summed E-state index contributed by atoms with van der Waals surface area (Å²) >= 11 is 3.31. The fourth-order valence-corrected chi connectivity index (χ4v) is 3.10. The Morgan fingerprint density at radius 3 is 2.53 bits per heavy atom. The van der Waals surface area contributed by atoms with E-state index in [4.69, 9.17) is 0 Å². The molecular weight excluding hydrogens is 306 g/mol. The zero-order valence-electron chi connectivity index (χ0n) is 11.2. The molecule has 0 unspecified atom stereocenters. The predicted molar refractivity (Wildman–Crippen MR) is 80.2 cm³/mol. The van der Waals surface area contributed by atoms with Crippen LogP contribution in [0.1, 0.15) is 44.1 Å². The van der Waals surface area contributed by atoms with Gasteiger partial charge in [0.05, 0.1) is 10.1 Å². The molecule has 0 aromatic heterocycles. The van der Waals surface area contributed by atoms with E-state index < -0.39 is 5.60 Å². The van der Waals surface area contributed by atoms with Crippen molar-refractivity contribution in [3.8, 4) is 5.75 Å². The number of hydrogen-bond donors (Lipinski definition) is 3. The molecule has 0 heterocycles. The lowest BCUT2D eigenvalue weighted by molar-refractivity contribution is 0.0250. The predicted octanol–water partition coefficient (Wildman–Crippen LogP) is 3.33. The van der Waals surface area contributed by atoms with Crippen molar-refractivity contribution in [1.29, 1.82) is 0 Å². The summed E-state index contributed by atoms with van der Waals surface area (Å²) in [6.45, 7) is 1.17. The third-order valence-electron chi connectivity index (χ3n) is 3.87. The molecule has 0 amide bonds. The molecule has 0 bridgehead atoms. The normalized spacial score (nSPS) is 19.1. The van der Waals surface area contributed by atoms with Gasteiger partial charge in [-0.25, -0.2) is 0 Å². The zero-order valence-corrected chi connectivity index (χ0v) is 12.7. The van der Waals surface area contributed by atoms with Gasteiger partial charge in [-0.3, -0.25) is 0 Å². The number of hydrogen-bond acceptors (Lipinski definition) is 3. The van der Waals surface area contributed by atoms with E-state index in [2.05, 4.69) is 21.2 Å². The number of phenols is 1. The van der Waals surface area contributed by atoms with Crippen LogP contribution in [-0.4, -0.2) is 22.4 Å². The van der Waals surface area contributed by atoms with Crippen LogP contribution in [0.5, 0.6) is 5.75 Å². The first-order chi connectivity index (χ1) is 9.11. The second kappa shape index (κ2) is 6.73. The number of para-hydroxylation sites is 1. The molecule has 1 fully saturated rings. The fraction of sp³-hybridized carbons (Fsp3) is 0.600. The first-order valence-electron chi connectivity index (χ1n) is 7.00. The monoisotopic (exact) mass is 327 g/mol. The highest BCUT2D eigenvalue weighted by Gasteiger charge is 2.27. The molecule has 106 valence electrons. The van der Waals surface area contributed by atoms with Gasteiger partial charge in [0.25, 0.3) is 0 Å². The highest BCUT2D eigenvalue weighted by Crippen LogP contribution is 2.28. The third kappa shape index (κ3) is 4.20. The van der Waals surface area contributed by atoms with E-state index in [9.17, 15) is 10.2 Å². The summed E-state index contributed by atoms with van der Waals surface area (Å²) in [6.07, 6.45) is 6.44. The van der Waals surface area contributed by atoms with Crippen LogP contribution in [-0.2, 0) is 6.54 Å². The molecule has 1 saturated carbocycles. The van der Waals surface area contributed by atoms with Gasteiger partial charge in [0.15, 0.2) is 0 Å². The Hall–Kier alpha value is -0.580. The molecule has 1 aromatic carbocycles. The summed E-state index contributed by atoms with van der Waals surface area (Å²) in [4.78, 5) is 0. The molecule has 0 aliphatic heterocycles. The lowest BCUT2D eigenvalue weighted by Crippen LogP contribution is -2.39. The van der Waals surface area contributed by atoms with Gasteiger partial charge in [-0.15, -0.1) is 0 Å². The molecule has 4 heteroatoms. The quantitative estimate of drug-likeness (QED) is 0.743. The Kier molecular flexibility index (Phi) is 5.25. The highest BCUT2D eigenvalue weighted by atomic mass is 79.9. The molecule has 2 rings (SSSR count). The van der Waals surface area contributed by atoms with Gasteiger partial charge in [-0.05, 0) is 34.8 Å². The standard InChI is InChI=1S/C15H22BrNO2/c16-13-7-5-6-12(14(13)18)10-17-11-15(19)8-3-1-2-4-9-15/h5-7,17-19H,1-4,8-11H2. The average molecular weight is 328 g/mol. The molecule has 0 saturated heterocycles. The Morgan fingerprint density at radius 1 is 1.16 bits per heavy atom. The summed E-state index contributed by atoms with van der Waals surface area (Å²) in [6, 6.07) is 5.61. The summed E-state index contributed by atoms with van der Waals surface area (Å²) in [5, 5.41) is 23.7. The summed E-state index contributed by atoms with van der Waals surface area (Å²) in [7, 11) is 0. The number of nitrogens with one attached hydrogen (secondary N) is 1. The number of benzene rings is 1. The van der Waals surface area contributed by atoms with Crippen LogP contribution in [0, 0.1) is 0 Å². The van der Waals surface area contributed by atoms with Gasteiger partial charge in [-0.1, -0.05) is 37.8 Å². The van der Waals surface area contributed by atoms with Crippen molar-refractivity contribution in [3.05, 3.63) is 28.2 Å². The Bertz CT molecular complexity index is 415. The Labute approximate surface area is 123 Å². The summed E-state index contributed by atoms with van der Waals surface area (Å²) in [5.74, 6) is 0.280. The Balaban J connectivity index is 1.87. The van der Waals surface area contributed by atoms with Crippen LogP contribution < -0.4 is 5.32 Å². The lowest BCUT2D eigenvalue weighted by atomic mass is 9.94. The van der Waals surface area contributed by atoms with Crippen molar-refractivity contribution in [2.45, 2.75) is 50.7 Å². The van der Waals surface area contributed by atoms with Crippen LogP contribution in [0.4, 0.5) is 0 Å². The van der Waals surface area contributed by atoms with Crippen molar-refractivity contribution < 1.29 is 10.2 Å². The molecule has 3 nitrogen and oxygen atoms in total. The van der Waals surface area contributed by atoms with E-state index in [0.29, 0.717) is 17.6 Å². The maximum Gasteiger partial charge on any atom is 0.134 e. The summed E-state index contributed by atoms with van der Waals surface area (Å²) < 4.78 is 0.708. The van der Waals surface area contributed by atoms with Crippen molar-refractivity contribution in [1.82, 2.24) is 5.32 Å². The van der Waals surface area contributed by atoms with E-state index in [1.807, 2.05) is 18.2 Å². The van der Waals surface area contributed by atoms with Gasteiger partial charge < -0.3 is 15.5 Å². The average Bonchev–Trinajstić information content (AvgIpc) is 2.60. The molecule has 1 aliphatic carbocycles. The number of aliphatic hydroxyl groups is 1. The van der Waals surface area contributed by atoms with Gasteiger partial charge in [0, 0.05) is 18.7 Å². The largest absolute Gasteiger partial charge is 0.506 e. The van der Waals surface area contributed by atoms with Gasteiger partial charge in [0.1, 0.15) is 5.75 Å². The van der Waals surface area contributed by atoms with Crippen LogP contribution in [0.25, 0.3) is 0 Å². The van der Waals surface area contributed by atoms with Gasteiger partial charge in [-0.2, -0.15) is 0 Å². The van der Waals surface area contributed by atoms with Gasteiger partial charge >= 0.3 is 0 Å². The number of rotatable bonds is 4. The molecule has 3 N–H and O–H groups in total. The first-order valence-corrected chi connectivity index (χ1v) is 7.79.